The maximum atomic E-state index is 9.87. The summed E-state index contributed by atoms with van der Waals surface area (Å²) >= 11 is 0. The van der Waals surface area contributed by atoms with Crippen molar-refractivity contribution in [2.24, 2.45) is 0 Å². The van der Waals surface area contributed by atoms with Gasteiger partial charge in [0.25, 0.3) is 0 Å². The van der Waals surface area contributed by atoms with Crippen molar-refractivity contribution >= 4 is 15.6 Å². The third-order valence-corrected chi connectivity index (χ3v) is 13.7. The molecule has 0 fully saturated rings. The molecule has 0 radical (unpaired) electrons. The predicted molar refractivity (Wildman–Crippen MR) is 402 cm³/mol. The van der Waals surface area contributed by atoms with Gasteiger partial charge in [0.05, 0.1) is 110 Å². The van der Waals surface area contributed by atoms with Crippen LogP contribution in [0.1, 0.15) is 86.1 Å². The number of methoxy groups -OCH3 is 4. The van der Waals surface area contributed by atoms with Crippen LogP contribution in [0, 0.1) is 123 Å². The Kier molecular flexibility index (Phi) is 37.7. The van der Waals surface area contributed by atoms with E-state index in [2.05, 4.69) is 128 Å². The first-order chi connectivity index (χ1) is 50.1. The first kappa shape index (κ1) is 97.5. The molecule has 578 valence electrons. The molecule has 0 aliphatic carbocycles. The van der Waals surface area contributed by atoms with Crippen LogP contribution in [-0.4, -0.2) is 58.3 Å². The number of aryl methyl sites for hydroxylation is 8. The number of hydrogen-bond acceptors (Lipinski definition) is 16. The molecule has 0 N–H and O–H groups in total. The van der Waals surface area contributed by atoms with E-state index in [4.69, 9.17) is 80.4 Å². The molecule has 0 amide bonds. The van der Waals surface area contributed by atoms with Gasteiger partial charge in [-0.25, -0.2) is 9.97 Å². The first-order valence-corrected chi connectivity index (χ1v) is 35.6. The molecular formula is C78H80F12FeN12O4P2. The number of rotatable bonds is 12. The summed E-state index contributed by atoms with van der Waals surface area (Å²) in [6.07, 6.45) is 7.66. The molecule has 10 rings (SSSR count). The third kappa shape index (κ3) is 37.0. The summed E-state index contributed by atoms with van der Waals surface area (Å²) in [7, 11) is -14.5. The van der Waals surface area contributed by atoms with Crippen LogP contribution in [0.15, 0.2) is 158 Å². The second kappa shape index (κ2) is 42.1. The number of benzene rings is 4. The Bertz CT molecular complexity index is 4200. The molecule has 16 nitrogen and oxygen atoms in total. The van der Waals surface area contributed by atoms with Gasteiger partial charge in [0.1, 0.15) is 23.0 Å². The van der Waals surface area contributed by atoms with Crippen molar-refractivity contribution in [3.05, 3.63) is 203 Å². The van der Waals surface area contributed by atoms with Crippen molar-refractivity contribution in [2.75, 3.05) is 28.4 Å². The summed E-state index contributed by atoms with van der Waals surface area (Å²) in [4.78, 5) is 28.7. The molecule has 0 aliphatic rings. The molecule has 4 aromatic carbocycles. The largest absolute Gasteiger partial charge is 2.00 e. The molecule has 6 heterocycles. The summed E-state index contributed by atoms with van der Waals surface area (Å²) in [5.74, 6) is 3.46. The number of nitrogens with zero attached hydrogens (tertiary/aromatic N) is 12. The predicted octanol–water partition coefficient (Wildman–Crippen LogP) is 25.5. The summed E-state index contributed by atoms with van der Waals surface area (Å²) in [5.41, 5.74) is 24.8. The van der Waals surface area contributed by atoms with Gasteiger partial charge in [-0.05, 0) is 219 Å². The molecule has 0 unspecified atom stereocenters. The maximum absolute atomic E-state index is 10.7. The molecule has 0 saturated carbocycles. The molecule has 0 spiro atoms. The van der Waals surface area contributed by atoms with Crippen molar-refractivity contribution in [3.8, 4) is 149 Å². The Morgan fingerprint density at radius 1 is 0.266 bits per heavy atom. The zero-order valence-corrected chi connectivity index (χ0v) is 65.7. The Labute approximate surface area is 637 Å². The van der Waals surface area contributed by atoms with Crippen LogP contribution in [0.2, 0.25) is 0 Å². The number of pyridine rings is 6. The third-order valence-electron chi connectivity index (χ3n) is 13.7. The van der Waals surface area contributed by atoms with E-state index in [9.17, 15) is 50.4 Å². The van der Waals surface area contributed by atoms with Crippen molar-refractivity contribution in [2.45, 2.75) is 96.9 Å². The molecule has 6 aromatic heterocycles. The van der Waals surface area contributed by atoms with Crippen LogP contribution < -0.4 is 18.9 Å². The molecule has 109 heavy (non-hydrogen) atoms. The van der Waals surface area contributed by atoms with Crippen LogP contribution in [0.5, 0.6) is 23.0 Å². The van der Waals surface area contributed by atoms with Gasteiger partial charge in [-0.1, -0.05) is 36.4 Å². The molecule has 10 aromatic rings. The van der Waals surface area contributed by atoms with Gasteiger partial charge in [-0.15, -0.1) is 0 Å². The van der Waals surface area contributed by atoms with E-state index >= 15 is 0 Å². The zero-order valence-electron chi connectivity index (χ0n) is 62.8. The van der Waals surface area contributed by atoms with Crippen LogP contribution >= 0.6 is 15.6 Å². The number of nitriles is 6. The molecule has 0 aliphatic heterocycles. The van der Waals surface area contributed by atoms with Crippen molar-refractivity contribution in [3.63, 3.8) is 0 Å². The summed E-state index contributed by atoms with van der Waals surface area (Å²) < 4.78 is 140. The average Bonchev–Trinajstić information content (AvgIpc) is 0.802. The molecular weight excluding hydrogens is 1510 g/mol. The van der Waals surface area contributed by atoms with E-state index in [1.807, 2.05) is 85.5 Å². The van der Waals surface area contributed by atoms with Crippen LogP contribution in [0.3, 0.4) is 0 Å². The van der Waals surface area contributed by atoms with Crippen LogP contribution in [0.4, 0.5) is 50.4 Å². The summed E-state index contributed by atoms with van der Waals surface area (Å²) in [5, 5.41) is 43.9. The SMILES string of the molecule is CC#N.CC#N.CC#N.CC#N.CC#N.CC#N.COc1cc(C)c(-c2ccc(-c3cccc(-c4ccc(-c5c(C)cc(OC)cc5C)cn4)n3)nc2)c(C)c1.COc1cc(C)c(-c2ccc(-c3cccc(-c4ccc(-c5c(C)cc(OC)cc5C)cn4)n3)nc2)c(C)c1.F[P-](F)(F)(F)(F)F.F[P-](F)(F)(F)(F)F.[Fe+2]. The van der Waals surface area contributed by atoms with Gasteiger partial charge in [0.15, 0.2) is 0 Å². The fraction of sp³-hybridized carbons (Fsp3) is 0.231. The molecule has 0 bridgehead atoms. The zero-order chi connectivity index (χ0) is 82.7. The Morgan fingerprint density at radius 2 is 0.404 bits per heavy atom. The normalized spacial score (nSPS) is 11.0. The minimum atomic E-state index is -10.7. The fourth-order valence-corrected chi connectivity index (χ4v) is 10.2. The monoisotopic (exact) mass is 1590 g/mol. The van der Waals surface area contributed by atoms with E-state index in [0.717, 1.165) is 135 Å². The van der Waals surface area contributed by atoms with Crippen LogP contribution in [0.25, 0.3) is 90.1 Å². The van der Waals surface area contributed by atoms with Crippen molar-refractivity contribution < 1.29 is 86.4 Å². The van der Waals surface area contributed by atoms with Crippen molar-refractivity contribution in [1.82, 2.24) is 29.9 Å². The van der Waals surface area contributed by atoms with Crippen molar-refractivity contribution in [1.29, 1.82) is 31.6 Å². The van der Waals surface area contributed by atoms with Gasteiger partial charge >= 0.3 is 83.0 Å². The first-order valence-electron chi connectivity index (χ1n) is 31.5. The number of halogens is 12. The van der Waals surface area contributed by atoms with E-state index < -0.39 is 15.6 Å². The fourth-order valence-electron chi connectivity index (χ4n) is 10.2. The Hall–Kier alpha value is -11.5. The van der Waals surface area contributed by atoms with E-state index in [0.29, 0.717) is 0 Å². The molecule has 0 atom stereocenters. The Morgan fingerprint density at radius 3 is 0.514 bits per heavy atom. The van der Waals surface area contributed by atoms with Gasteiger partial charge < -0.3 is 18.9 Å². The smallest absolute Gasteiger partial charge is 2.00 e. The second-order valence-electron chi connectivity index (χ2n) is 22.3. The second-order valence-corrected chi connectivity index (χ2v) is 26.2. The van der Waals surface area contributed by atoms with E-state index in [1.165, 1.54) is 63.8 Å². The van der Waals surface area contributed by atoms with Crippen LogP contribution in [-0.2, 0) is 17.1 Å². The van der Waals surface area contributed by atoms with Gasteiger partial charge in [-0.3, -0.25) is 19.9 Å². The number of ether oxygens (including phenoxy) is 4. The summed E-state index contributed by atoms with van der Waals surface area (Å²) in [6.45, 7) is 25.4. The topological polar surface area (TPSA) is 257 Å². The van der Waals surface area contributed by atoms with Gasteiger partial charge in [-0.2, -0.15) is 31.6 Å². The minimum absolute atomic E-state index is 0. The van der Waals surface area contributed by atoms with E-state index in [-0.39, 0.29) is 17.1 Å². The quantitative estimate of drug-likeness (QED) is 0.0625. The number of aromatic nitrogens is 6. The Balaban J connectivity index is 0.00000153. The average molecular weight is 1600 g/mol. The van der Waals surface area contributed by atoms with E-state index in [1.54, 1.807) is 64.9 Å². The van der Waals surface area contributed by atoms with Gasteiger partial charge in [0.2, 0.25) is 0 Å². The standard InChI is InChI=1S/2C33H31N3O2.6C2H3N.2F6P.Fe/c2*1-20-14-26(37-5)15-21(2)32(20)24-10-12-28(34-18-24)30-8-7-9-31(36-30)29-13-11-25(19-35-29)33-22(3)16-27(38-6)17-23(33)4;6*1-2-3;2*1-7(2,3,4,5)6;/h2*7-19H,1-6H3;6*1H3;;;/q;;;;;;;;2*-1;+2. The molecule has 0 saturated heterocycles. The van der Waals surface area contributed by atoms with Gasteiger partial charge in [0, 0.05) is 88.6 Å². The minimum Gasteiger partial charge on any atom is 2.00 e. The summed E-state index contributed by atoms with van der Waals surface area (Å²) in [6, 6.07) is 55.3. The molecule has 31 heteroatoms. The number of hydrogen-bond donors (Lipinski definition) is 0. The maximum Gasteiger partial charge on any atom is 2.00 e.